The molecular formula is C23H22ClN5OS. The van der Waals surface area contributed by atoms with Crippen molar-refractivity contribution in [3.8, 4) is 10.4 Å². The second-order valence-electron chi connectivity index (χ2n) is 7.78. The molecule has 1 amide bonds. The first-order valence-electron chi connectivity index (χ1n) is 10.3. The number of amides is 1. The van der Waals surface area contributed by atoms with Gasteiger partial charge in [0.1, 0.15) is 5.82 Å². The number of nitrogens with zero attached hydrogens (tertiary/aromatic N) is 3. The molecular weight excluding hydrogens is 430 g/mol. The number of aromatic nitrogens is 3. The Balaban J connectivity index is 1.14. The molecule has 4 aromatic rings. The van der Waals surface area contributed by atoms with Gasteiger partial charge in [-0.1, -0.05) is 47.2 Å². The summed E-state index contributed by atoms with van der Waals surface area (Å²) in [6.45, 7) is 2.53. The van der Waals surface area contributed by atoms with E-state index in [9.17, 15) is 4.79 Å². The lowest BCUT2D eigenvalue weighted by molar-refractivity contribution is -0.121. The van der Waals surface area contributed by atoms with E-state index >= 15 is 0 Å². The second kappa shape index (κ2) is 8.78. The number of aromatic amines is 1. The average molecular weight is 452 g/mol. The van der Waals surface area contributed by atoms with Crippen LogP contribution in [0.5, 0.6) is 0 Å². The molecule has 1 aliphatic rings. The molecule has 0 radical (unpaired) electrons. The molecule has 8 heteroatoms. The number of anilines is 1. The fourth-order valence-corrected chi connectivity index (χ4v) is 4.88. The number of imidazole rings is 1. The van der Waals surface area contributed by atoms with Gasteiger partial charge in [0.15, 0.2) is 5.13 Å². The molecule has 1 saturated heterocycles. The number of H-pyrrole nitrogens is 1. The number of hydrogen-bond donors (Lipinski definition) is 2. The van der Waals surface area contributed by atoms with E-state index in [2.05, 4.69) is 25.2 Å². The van der Waals surface area contributed by atoms with E-state index in [4.69, 9.17) is 11.6 Å². The van der Waals surface area contributed by atoms with E-state index in [0.717, 1.165) is 59.8 Å². The van der Waals surface area contributed by atoms with Gasteiger partial charge in [-0.15, -0.1) is 0 Å². The van der Waals surface area contributed by atoms with Crippen LogP contribution in [-0.2, 0) is 11.3 Å². The lowest BCUT2D eigenvalue weighted by Gasteiger charge is -2.30. The van der Waals surface area contributed by atoms with Crippen molar-refractivity contribution in [2.75, 3.05) is 18.4 Å². The first kappa shape index (κ1) is 20.2. The van der Waals surface area contributed by atoms with Gasteiger partial charge in [-0.2, -0.15) is 0 Å². The highest BCUT2D eigenvalue weighted by Gasteiger charge is 2.26. The van der Waals surface area contributed by atoms with E-state index in [1.165, 1.54) is 11.3 Å². The van der Waals surface area contributed by atoms with Crippen molar-refractivity contribution in [1.29, 1.82) is 0 Å². The minimum absolute atomic E-state index is 0.00908. The summed E-state index contributed by atoms with van der Waals surface area (Å²) in [6.07, 6.45) is 3.46. The Hall–Kier alpha value is -2.74. The summed E-state index contributed by atoms with van der Waals surface area (Å²) in [5, 5.41) is 4.34. The minimum Gasteiger partial charge on any atom is -0.341 e. The van der Waals surface area contributed by atoms with Crippen molar-refractivity contribution in [2.24, 2.45) is 5.92 Å². The van der Waals surface area contributed by atoms with Crippen LogP contribution < -0.4 is 5.32 Å². The van der Waals surface area contributed by atoms with E-state index in [1.54, 1.807) is 6.20 Å². The Kier molecular flexibility index (Phi) is 5.72. The van der Waals surface area contributed by atoms with Crippen molar-refractivity contribution < 1.29 is 4.79 Å². The standard InChI is InChI=1S/C23H22ClN5OS/c24-17-7-5-15(6-8-17)20-13-25-23(31-20)28-22(30)16-9-11-29(12-10-16)14-21-26-18-3-1-2-4-19(18)27-21/h1-8,13,16H,9-12,14H2,(H,26,27)(H,25,28,30). The Morgan fingerprint density at radius 2 is 1.94 bits per heavy atom. The van der Waals surface area contributed by atoms with Gasteiger partial charge in [-0.3, -0.25) is 9.69 Å². The number of para-hydroxylation sites is 2. The number of carbonyl (C=O) groups is 1. The predicted molar refractivity (Wildman–Crippen MR) is 125 cm³/mol. The summed E-state index contributed by atoms with van der Waals surface area (Å²) >= 11 is 7.43. The molecule has 1 fully saturated rings. The van der Waals surface area contributed by atoms with E-state index in [0.29, 0.717) is 10.2 Å². The van der Waals surface area contributed by atoms with E-state index < -0.39 is 0 Å². The summed E-state index contributed by atoms with van der Waals surface area (Å²) in [5.41, 5.74) is 3.10. The topological polar surface area (TPSA) is 73.9 Å². The maximum Gasteiger partial charge on any atom is 0.229 e. The molecule has 2 aromatic heterocycles. The van der Waals surface area contributed by atoms with Crippen LogP contribution in [0.15, 0.2) is 54.7 Å². The van der Waals surface area contributed by atoms with Crippen LogP contribution in [0.3, 0.4) is 0 Å². The number of piperidine rings is 1. The summed E-state index contributed by atoms with van der Waals surface area (Å²) in [7, 11) is 0. The molecule has 2 N–H and O–H groups in total. The van der Waals surface area contributed by atoms with Gasteiger partial charge in [0, 0.05) is 17.1 Å². The van der Waals surface area contributed by atoms with Crippen molar-refractivity contribution in [3.05, 3.63) is 65.6 Å². The number of carbonyl (C=O) groups excluding carboxylic acids is 1. The van der Waals surface area contributed by atoms with Gasteiger partial charge in [0.05, 0.1) is 22.5 Å². The maximum atomic E-state index is 12.7. The number of rotatable bonds is 5. The molecule has 158 valence electrons. The number of nitrogens with one attached hydrogen (secondary N) is 2. The minimum atomic E-state index is 0.00908. The van der Waals surface area contributed by atoms with Gasteiger partial charge < -0.3 is 10.3 Å². The summed E-state index contributed by atoms with van der Waals surface area (Å²) in [6, 6.07) is 15.7. The van der Waals surface area contributed by atoms with Gasteiger partial charge in [0.2, 0.25) is 5.91 Å². The fourth-order valence-electron chi connectivity index (χ4n) is 3.93. The van der Waals surface area contributed by atoms with Crippen molar-refractivity contribution >= 4 is 45.0 Å². The number of benzene rings is 2. The monoisotopic (exact) mass is 451 g/mol. The van der Waals surface area contributed by atoms with Gasteiger partial charge in [-0.05, 0) is 55.8 Å². The smallest absolute Gasteiger partial charge is 0.229 e. The van der Waals surface area contributed by atoms with Gasteiger partial charge in [-0.25, -0.2) is 9.97 Å². The molecule has 5 rings (SSSR count). The zero-order chi connectivity index (χ0) is 21.2. The Morgan fingerprint density at radius 3 is 2.71 bits per heavy atom. The van der Waals surface area contributed by atoms with Crippen molar-refractivity contribution in [1.82, 2.24) is 19.9 Å². The molecule has 2 aromatic carbocycles. The van der Waals surface area contributed by atoms with Crippen LogP contribution >= 0.6 is 22.9 Å². The van der Waals surface area contributed by atoms with Gasteiger partial charge in [0.25, 0.3) is 0 Å². The molecule has 6 nitrogen and oxygen atoms in total. The molecule has 0 aliphatic carbocycles. The van der Waals surface area contributed by atoms with Gasteiger partial charge >= 0.3 is 0 Å². The zero-order valence-corrected chi connectivity index (χ0v) is 18.4. The molecule has 0 saturated carbocycles. The number of hydrogen-bond acceptors (Lipinski definition) is 5. The van der Waals surface area contributed by atoms with Crippen molar-refractivity contribution in [2.45, 2.75) is 19.4 Å². The lowest BCUT2D eigenvalue weighted by atomic mass is 9.96. The molecule has 0 unspecified atom stereocenters. The maximum absolute atomic E-state index is 12.7. The number of likely N-dealkylation sites (tertiary alicyclic amines) is 1. The summed E-state index contributed by atoms with van der Waals surface area (Å²) in [4.78, 5) is 28.5. The zero-order valence-electron chi connectivity index (χ0n) is 16.8. The number of halogens is 1. The quantitative estimate of drug-likeness (QED) is 0.438. The highest BCUT2D eigenvalue weighted by Crippen LogP contribution is 2.30. The highest BCUT2D eigenvalue weighted by molar-refractivity contribution is 7.19. The Labute approximate surface area is 189 Å². The number of fused-ring (bicyclic) bond motifs is 1. The second-order valence-corrected chi connectivity index (χ2v) is 9.24. The van der Waals surface area contributed by atoms with E-state index in [-0.39, 0.29) is 11.8 Å². The highest BCUT2D eigenvalue weighted by atomic mass is 35.5. The summed E-state index contributed by atoms with van der Waals surface area (Å²) < 4.78 is 0. The van der Waals surface area contributed by atoms with E-state index in [1.807, 2.05) is 48.5 Å². The largest absolute Gasteiger partial charge is 0.341 e. The van der Waals surface area contributed by atoms with Crippen LogP contribution in [0.1, 0.15) is 18.7 Å². The summed E-state index contributed by atoms with van der Waals surface area (Å²) in [5.74, 6) is 1.04. The lowest BCUT2D eigenvalue weighted by Crippen LogP contribution is -2.38. The third-order valence-corrected chi connectivity index (χ3v) is 6.85. The molecule has 0 spiro atoms. The van der Waals surface area contributed by atoms with Crippen LogP contribution in [0.2, 0.25) is 5.02 Å². The number of thiazole rings is 1. The first-order valence-corrected chi connectivity index (χ1v) is 11.5. The van der Waals surface area contributed by atoms with Crippen LogP contribution in [0, 0.1) is 5.92 Å². The third-order valence-electron chi connectivity index (χ3n) is 5.63. The first-order chi connectivity index (χ1) is 15.1. The molecule has 0 bridgehead atoms. The SMILES string of the molecule is O=C(Nc1ncc(-c2ccc(Cl)cc2)s1)C1CCN(Cc2nc3ccccc3[nH]2)CC1. The van der Waals surface area contributed by atoms with Crippen molar-refractivity contribution in [3.63, 3.8) is 0 Å². The van der Waals surface area contributed by atoms with Crippen LogP contribution in [-0.4, -0.2) is 38.8 Å². The molecule has 3 heterocycles. The molecule has 0 atom stereocenters. The Morgan fingerprint density at radius 1 is 1.16 bits per heavy atom. The van der Waals surface area contributed by atoms with Crippen LogP contribution in [0.4, 0.5) is 5.13 Å². The van der Waals surface area contributed by atoms with Crippen LogP contribution in [0.25, 0.3) is 21.5 Å². The molecule has 31 heavy (non-hydrogen) atoms. The fraction of sp³-hybridized carbons (Fsp3) is 0.261. The third kappa shape index (κ3) is 4.63. The normalized spacial score (nSPS) is 15.4. The predicted octanol–water partition coefficient (Wildman–Crippen LogP) is 5.19. The average Bonchev–Trinajstić information content (AvgIpc) is 3.41. The molecule has 1 aliphatic heterocycles. The Bertz CT molecular complexity index is 1160.